The molecule has 0 saturated carbocycles. The van der Waals surface area contributed by atoms with Gasteiger partial charge in [0.2, 0.25) is 0 Å². The Bertz CT molecular complexity index is 610. The van der Waals surface area contributed by atoms with Gasteiger partial charge in [-0.25, -0.2) is 9.97 Å². The van der Waals surface area contributed by atoms with Crippen LogP contribution in [-0.4, -0.2) is 22.9 Å². The number of hydrogen-bond donors (Lipinski definition) is 2. The van der Waals surface area contributed by atoms with Crippen LogP contribution in [0, 0.1) is 6.92 Å². The summed E-state index contributed by atoms with van der Waals surface area (Å²) in [4.78, 5) is 22.7. The molecule has 0 aliphatic carbocycles. The van der Waals surface area contributed by atoms with E-state index in [9.17, 15) is 4.79 Å². The van der Waals surface area contributed by atoms with Gasteiger partial charge >= 0.3 is 0 Å². The Hall–Kier alpha value is -2.15. The molecule has 4 N–H and O–H groups in total. The highest BCUT2D eigenvalue weighted by Crippen LogP contribution is 2.21. The number of rotatable bonds is 4. The fourth-order valence-corrected chi connectivity index (χ4v) is 2.48. The number of nitrogens with two attached hydrogens (primary N) is 2. The van der Waals surface area contributed by atoms with Gasteiger partial charge in [-0.3, -0.25) is 4.79 Å². The van der Waals surface area contributed by atoms with E-state index in [0.717, 1.165) is 10.6 Å². The van der Waals surface area contributed by atoms with Crippen molar-refractivity contribution in [1.82, 2.24) is 9.97 Å². The van der Waals surface area contributed by atoms with Gasteiger partial charge < -0.3 is 16.4 Å². The summed E-state index contributed by atoms with van der Waals surface area (Å²) in [5.41, 5.74) is 14.3. The van der Waals surface area contributed by atoms with Crippen molar-refractivity contribution in [3.05, 3.63) is 33.9 Å². The Morgan fingerprint density at radius 2 is 2.21 bits per heavy atom. The molecule has 0 saturated heterocycles. The molecule has 0 fully saturated rings. The molecule has 0 aliphatic rings. The second-order valence-electron chi connectivity index (χ2n) is 4.21. The second-order valence-corrected chi connectivity index (χ2v) is 5.15. The molecule has 0 radical (unpaired) electrons. The number of primary amides is 1. The topological polar surface area (TPSA) is 98.1 Å². The second kappa shape index (κ2) is 5.23. The maximum Gasteiger partial charge on any atom is 0.250 e. The van der Waals surface area contributed by atoms with E-state index in [1.807, 2.05) is 24.4 Å². The van der Waals surface area contributed by atoms with Gasteiger partial charge in [-0.2, -0.15) is 0 Å². The molecular formula is C12H15N5OS. The van der Waals surface area contributed by atoms with E-state index in [1.54, 1.807) is 17.4 Å². The molecule has 0 spiro atoms. The summed E-state index contributed by atoms with van der Waals surface area (Å²) in [6.45, 7) is 2.64. The minimum Gasteiger partial charge on any atom is -0.397 e. The van der Waals surface area contributed by atoms with Crippen molar-refractivity contribution < 1.29 is 4.79 Å². The highest BCUT2D eigenvalue weighted by atomic mass is 32.1. The molecule has 2 aromatic rings. The number of nitrogens with zero attached hydrogens (tertiary/aromatic N) is 3. The smallest absolute Gasteiger partial charge is 0.250 e. The molecule has 2 rings (SSSR count). The number of nitrogen functional groups attached to an aromatic ring is 1. The number of aryl methyl sites for hydroxylation is 1. The Balaban J connectivity index is 2.24. The van der Waals surface area contributed by atoms with Crippen LogP contribution < -0.4 is 16.4 Å². The first-order chi connectivity index (χ1) is 8.99. The standard InChI is InChI=1S/C12H15N5OS/c1-7-10(19-6-16-7)5-17(2)11-3-8(12(14)18)9(13)4-15-11/h3-4,6H,5,13H2,1-2H3,(H2,14,18). The third-order valence-electron chi connectivity index (χ3n) is 2.80. The van der Waals surface area contributed by atoms with Crippen LogP contribution in [0.15, 0.2) is 17.8 Å². The molecule has 0 aromatic carbocycles. The van der Waals surface area contributed by atoms with Crippen LogP contribution in [0.4, 0.5) is 11.5 Å². The number of pyridine rings is 1. The monoisotopic (exact) mass is 277 g/mol. The minimum absolute atomic E-state index is 0.290. The van der Waals surface area contributed by atoms with Crippen LogP contribution in [0.2, 0.25) is 0 Å². The molecular weight excluding hydrogens is 262 g/mol. The van der Waals surface area contributed by atoms with E-state index in [1.165, 1.54) is 6.20 Å². The Morgan fingerprint density at radius 3 is 2.79 bits per heavy atom. The number of amides is 1. The maximum absolute atomic E-state index is 11.3. The molecule has 7 heteroatoms. The molecule has 19 heavy (non-hydrogen) atoms. The van der Waals surface area contributed by atoms with Gasteiger partial charge in [-0.05, 0) is 13.0 Å². The molecule has 1 amide bonds. The molecule has 0 unspecified atom stereocenters. The van der Waals surface area contributed by atoms with E-state index in [4.69, 9.17) is 11.5 Å². The van der Waals surface area contributed by atoms with E-state index < -0.39 is 5.91 Å². The predicted molar refractivity (Wildman–Crippen MR) is 76.1 cm³/mol. The van der Waals surface area contributed by atoms with Gasteiger partial charge in [-0.1, -0.05) is 0 Å². The number of thiazole rings is 1. The highest BCUT2D eigenvalue weighted by Gasteiger charge is 2.12. The summed E-state index contributed by atoms with van der Waals surface area (Å²) in [5, 5.41) is 0. The molecule has 0 atom stereocenters. The molecule has 2 heterocycles. The van der Waals surface area contributed by atoms with Gasteiger partial charge in [0.15, 0.2) is 0 Å². The van der Waals surface area contributed by atoms with Crippen LogP contribution in [0.25, 0.3) is 0 Å². The van der Waals surface area contributed by atoms with Gasteiger partial charge in [0.05, 0.1) is 35.2 Å². The Labute approximate surface area is 115 Å². The normalized spacial score (nSPS) is 10.4. The van der Waals surface area contributed by atoms with Crippen molar-refractivity contribution >= 4 is 28.7 Å². The van der Waals surface area contributed by atoms with E-state index >= 15 is 0 Å². The molecule has 0 aliphatic heterocycles. The SMILES string of the molecule is Cc1ncsc1CN(C)c1cc(C(N)=O)c(N)cn1. The molecule has 2 aromatic heterocycles. The zero-order chi connectivity index (χ0) is 14.0. The number of hydrogen-bond acceptors (Lipinski definition) is 6. The Morgan fingerprint density at radius 1 is 1.47 bits per heavy atom. The van der Waals surface area contributed by atoms with Crippen LogP contribution >= 0.6 is 11.3 Å². The van der Waals surface area contributed by atoms with E-state index in [-0.39, 0.29) is 5.56 Å². The van der Waals surface area contributed by atoms with Crippen molar-refractivity contribution in [3.8, 4) is 0 Å². The third-order valence-corrected chi connectivity index (χ3v) is 3.72. The first-order valence-electron chi connectivity index (χ1n) is 5.64. The lowest BCUT2D eigenvalue weighted by Gasteiger charge is -2.18. The lowest BCUT2D eigenvalue weighted by Crippen LogP contribution is -2.20. The summed E-state index contributed by atoms with van der Waals surface area (Å²) in [7, 11) is 1.89. The molecule has 6 nitrogen and oxygen atoms in total. The summed E-state index contributed by atoms with van der Waals surface area (Å²) >= 11 is 1.59. The first-order valence-corrected chi connectivity index (χ1v) is 6.52. The first kappa shape index (κ1) is 13.3. The third kappa shape index (κ3) is 2.82. The largest absolute Gasteiger partial charge is 0.397 e. The average Bonchev–Trinajstić information content (AvgIpc) is 2.75. The zero-order valence-electron chi connectivity index (χ0n) is 10.8. The number of carbonyl (C=O) groups excluding carboxylic acids is 1. The highest BCUT2D eigenvalue weighted by molar-refractivity contribution is 7.09. The Kier molecular flexibility index (Phi) is 3.66. The molecule has 0 bridgehead atoms. The fourth-order valence-electron chi connectivity index (χ4n) is 1.65. The predicted octanol–water partition coefficient (Wildman–Crippen LogP) is 1.16. The molecule has 100 valence electrons. The van der Waals surface area contributed by atoms with Gasteiger partial charge in [-0.15, -0.1) is 11.3 Å². The lowest BCUT2D eigenvalue weighted by atomic mass is 10.2. The summed E-state index contributed by atoms with van der Waals surface area (Å²) < 4.78 is 0. The van der Waals surface area contributed by atoms with Crippen LogP contribution in [-0.2, 0) is 6.54 Å². The van der Waals surface area contributed by atoms with Crippen molar-refractivity contribution in [2.75, 3.05) is 17.7 Å². The average molecular weight is 277 g/mol. The van der Waals surface area contributed by atoms with Crippen molar-refractivity contribution in [2.45, 2.75) is 13.5 Å². The van der Waals surface area contributed by atoms with Gasteiger partial charge in [0.25, 0.3) is 5.91 Å². The quantitative estimate of drug-likeness (QED) is 0.874. The minimum atomic E-state index is -0.552. The summed E-state index contributed by atoms with van der Waals surface area (Å²) in [5.74, 6) is 0.0966. The van der Waals surface area contributed by atoms with Crippen molar-refractivity contribution in [1.29, 1.82) is 0 Å². The number of anilines is 2. The van der Waals surface area contributed by atoms with Crippen molar-refractivity contribution in [3.63, 3.8) is 0 Å². The zero-order valence-corrected chi connectivity index (χ0v) is 11.6. The number of carbonyl (C=O) groups is 1. The fraction of sp³-hybridized carbons (Fsp3) is 0.250. The van der Waals surface area contributed by atoms with Crippen LogP contribution in [0.1, 0.15) is 20.9 Å². The number of aromatic nitrogens is 2. The van der Waals surface area contributed by atoms with E-state index in [2.05, 4.69) is 9.97 Å². The van der Waals surface area contributed by atoms with Crippen LogP contribution in [0.5, 0.6) is 0 Å². The van der Waals surface area contributed by atoms with Gasteiger partial charge in [0, 0.05) is 11.9 Å². The summed E-state index contributed by atoms with van der Waals surface area (Å²) in [6, 6.07) is 1.61. The van der Waals surface area contributed by atoms with Gasteiger partial charge in [0.1, 0.15) is 5.82 Å². The maximum atomic E-state index is 11.3. The van der Waals surface area contributed by atoms with Crippen LogP contribution in [0.3, 0.4) is 0 Å². The van der Waals surface area contributed by atoms with E-state index in [0.29, 0.717) is 18.1 Å². The lowest BCUT2D eigenvalue weighted by molar-refractivity contribution is 0.100. The summed E-state index contributed by atoms with van der Waals surface area (Å²) in [6.07, 6.45) is 1.45. The van der Waals surface area contributed by atoms with Crippen molar-refractivity contribution in [2.24, 2.45) is 5.73 Å².